The molecule has 0 atom stereocenters. The summed E-state index contributed by atoms with van der Waals surface area (Å²) in [5.41, 5.74) is 0. The number of carboxylic acid groups (broad SMARTS) is 1. The molecule has 3 rings (SSSR count). The highest BCUT2D eigenvalue weighted by Gasteiger charge is 2.40. The molecule has 0 radical (unpaired) electrons. The van der Waals surface area contributed by atoms with Gasteiger partial charge in [0.1, 0.15) is 0 Å². The zero-order valence-corrected chi connectivity index (χ0v) is 9.24. The van der Waals surface area contributed by atoms with Crippen LogP contribution in [0.15, 0.2) is 0 Å². The zero-order chi connectivity index (χ0) is 11.1. The lowest BCUT2D eigenvalue weighted by Crippen LogP contribution is -2.52. The van der Waals surface area contributed by atoms with Gasteiger partial charge in [0, 0.05) is 12.6 Å². The number of fused-ring (bicyclic) bond motifs is 3. The third-order valence-electron chi connectivity index (χ3n) is 3.32. The summed E-state index contributed by atoms with van der Waals surface area (Å²) in [5, 5.41) is 8.54. The summed E-state index contributed by atoms with van der Waals surface area (Å²) in [7, 11) is -3.58. The molecule has 1 saturated carbocycles. The van der Waals surface area contributed by atoms with Crippen LogP contribution in [0.4, 0.5) is 0 Å². The minimum absolute atomic E-state index is 0.0550. The van der Waals surface area contributed by atoms with Crippen molar-refractivity contribution in [2.24, 2.45) is 5.92 Å². The highest BCUT2D eigenvalue weighted by atomic mass is 32.2. The summed E-state index contributed by atoms with van der Waals surface area (Å²) in [6.45, 7) is 0.528. The largest absolute Gasteiger partial charge is 0.480 e. The molecule has 2 aliphatic heterocycles. The molecule has 0 spiro atoms. The van der Waals surface area contributed by atoms with Crippen molar-refractivity contribution in [1.29, 1.82) is 0 Å². The smallest absolute Gasteiger partial charge is 0.320 e. The molecular weight excluding hydrogens is 218 g/mol. The average Bonchev–Trinajstić information content (AvgIpc) is 2.17. The quantitative estimate of drug-likeness (QED) is 0.759. The molecule has 86 valence electrons. The van der Waals surface area contributed by atoms with Crippen LogP contribution in [0.5, 0.6) is 0 Å². The van der Waals surface area contributed by atoms with E-state index in [0.717, 1.165) is 25.7 Å². The van der Waals surface area contributed by atoms with Crippen LogP contribution in [0.2, 0.25) is 0 Å². The number of hydrogen-bond acceptors (Lipinski definition) is 3. The van der Waals surface area contributed by atoms with E-state index in [2.05, 4.69) is 0 Å². The lowest BCUT2D eigenvalue weighted by Gasteiger charge is -2.43. The van der Waals surface area contributed by atoms with E-state index in [0.29, 0.717) is 12.5 Å². The lowest BCUT2D eigenvalue weighted by molar-refractivity contribution is -0.134. The highest BCUT2D eigenvalue weighted by molar-refractivity contribution is 7.89. The van der Waals surface area contributed by atoms with E-state index in [1.54, 1.807) is 0 Å². The Morgan fingerprint density at radius 1 is 1.27 bits per heavy atom. The average molecular weight is 233 g/mol. The molecule has 0 unspecified atom stereocenters. The second-order valence-electron chi connectivity index (χ2n) is 4.39. The molecule has 0 aromatic carbocycles. The number of carboxylic acids is 1. The van der Waals surface area contributed by atoms with Gasteiger partial charge in [-0.25, -0.2) is 8.42 Å². The van der Waals surface area contributed by atoms with Gasteiger partial charge in [0.15, 0.2) is 5.75 Å². The number of aliphatic carboxylic acids is 1. The monoisotopic (exact) mass is 233 g/mol. The first-order valence-electron chi connectivity index (χ1n) is 5.20. The Hall–Kier alpha value is -0.620. The third kappa shape index (κ3) is 2.15. The number of hydrogen-bond donors (Lipinski definition) is 1. The maximum absolute atomic E-state index is 11.7. The Morgan fingerprint density at radius 2 is 1.87 bits per heavy atom. The first-order chi connectivity index (χ1) is 6.99. The lowest BCUT2D eigenvalue weighted by atomic mass is 9.82. The van der Waals surface area contributed by atoms with Crippen molar-refractivity contribution in [1.82, 2.24) is 4.31 Å². The molecule has 2 bridgehead atoms. The van der Waals surface area contributed by atoms with Gasteiger partial charge in [-0.1, -0.05) is 0 Å². The molecule has 0 amide bonds. The first-order valence-corrected chi connectivity index (χ1v) is 6.81. The van der Waals surface area contributed by atoms with Gasteiger partial charge in [0.2, 0.25) is 10.0 Å². The fourth-order valence-electron chi connectivity index (χ4n) is 2.60. The first kappa shape index (κ1) is 10.9. The predicted molar refractivity (Wildman–Crippen MR) is 53.9 cm³/mol. The maximum Gasteiger partial charge on any atom is 0.320 e. The van der Waals surface area contributed by atoms with Crippen molar-refractivity contribution in [2.45, 2.75) is 31.7 Å². The molecule has 3 aliphatic rings. The molecule has 6 heteroatoms. The number of rotatable bonds is 3. The molecular formula is C9H15NO4S. The number of piperidine rings is 2. The Kier molecular flexibility index (Phi) is 2.72. The van der Waals surface area contributed by atoms with Crippen LogP contribution >= 0.6 is 0 Å². The molecule has 3 fully saturated rings. The third-order valence-corrected chi connectivity index (χ3v) is 5.10. The van der Waals surface area contributed by atoms with E-state index in [1.165, 1.54) is 4.31 Å². The van der Waals surface area contributed by atoms with Crippen molar-refractivity contribution in [3.05, 3.63) is 0 Å². The van der Waals surface area contributed by atoms with E-state index in [9.17, 15) is 13.2 Å². The number of carbonyl (C=O) groups is 1. The molecule has 2 heterocycles. The summed E-state index contributed by atoms with van der Waals surface area (Å²) < 4.78 is 24.9. The molecule has 15 heavy (non-hydrogen) atoms. The molecule has 1 aliphatic carbocycles. The second kappa shape index (κ2) is 3.75. The molecule has 0 aromatic heterocycles. The van der Waals surface area contributed by atoms with Crippen LogP contribution < -0.4 is 0 Å². The van der Waals surface area contributed by atoms with E-state index in [1.807, 2.05) is 0 Å². The SMILES string of the molecule is O=C(O)CS(=O)(=O)N1CC2CCC1CC2. The van der Waals surface area contributed by atoms with Crippen molar-refractivity contribution in [2.75, 3.05) is 12.3 Å². The number of sulfonamides is 1. The second-order valence-corrected chi connectivity index (χ2v) is 6.32. The van der Waals surface area contributed by atoms with Gasteiger partial charge >= 0.3 is 5.97 Å². The summed E-state index contributed by atoms with van der Waals surface area (Å²) in [5.74, 6) is -1.59. The van der Waals surface area contributed by atoms with E-state index >= 15 is 0 Å². The van der Waals surface area contributed by atoms with Crippen LogP contribution in [-0.2, 0) is 14.8 Å². The molecule has 0 aromatic rings. The normalized spacial score (nSPS) is 31.7. The van der Waals surface area contributed by atoms with Crippen LogP contribution in [0.25, 0.3) is 0 Å². The predicted octanol–water partition coefficient (Wildman–Crippen LogP) is 0.275. The fourth-order valence-corrected chi connectivity index (χ4v) is 4.18. The van der Waals surface area contributed by atoms with Gasteiger partial charge in [-0.05, 0) is 31.6 Å². The van der Waals surface area contributed by atoms with Crippen LogP contribution in [0.1, 0.15) is 25.7 Å². The summed E-state index contributed by atoms with van der Waals surface area (Å²) in [6.07, 6.45) is 3.96. The van der Waals surface area contributed by atoms with E-state index in [4.69, 9.17) is 5.11 Å². The standard InChI is InChI=1S/C9H15NO4S/c11-9(12)6-15(13,14)10-5-7-1-3-8(10)4-2-7/h7-8H,1-6H2,(H,11,12). The minimum Gasteiger partial charge on any atom is -0.480 e. The highest BCUT2D eigenvalue weighted by Crippen LogP contribution is 2.36. The van der Waals surface area contributed by atoms with Crippen LogP contribution in [-0.4, -0.2) is 42.1 Å². The van der Waals surface area contributed by atoms with Gasteiger partial charge in [-0.15, -0.1) is 0 Å². The summed E-state index contributed by atoms with van der Waals surface area (Å²) in [4.78, 5) is 10.5. The zero-order valence-electron chi connectivity index (χ0n) is 8.42. The Morgan fingerprint density at radius 3 is 2.27 bits per heavy atom. The fraction of sp³-hybridized carbons (Fsp3) is 0.889. The minimum atomic E-state index is -3.58. The maximum atomic E-state index is 11.7. The summed E-state index contributed by atoms with van der Waals surface area (Å²) >= 11 is 0. The van der Waals surface area contributed by atoms with Crippen LogP contribution in [0.3, 0.4) is 0 Å². The van der Waals surface area contributed by atoms with E-state index in [-0.39, 0.29) is 6.04 Å². The van der Waals surface area contributed by atoms with Crippen molar-refractivity contribution in [3.63, 3.8) is 0 Å². The summed E-state index contributed by atoms with van der Waals surface area (Å²) in [6, 6.07) is 0.0550. The van der Waals surface area contributed by atoms with Crippen molar-refractivity contribution in [3.8, 4) is 0 Å². The van der Waals surface area contributed by atoms with Gasteiger partial charge in [-0.2, -0.15) is 4.31 Å². The number of nitrogens with zero attached hydrogens (tertiary/aromatic N) is 1. The Labute approximate surface area is 89.1 Å². The molecule has 2 saturated heterocycles. The van der Waals surface area contributed by atoms with Crippen LogP contribution in [0, 0.1) is 5.92 Å². The van der Waals surface area contributed by atoms with Gasteiger partial charge in [0.25, 0.3) is 0 Å². The van der Waals surface area contributed by atoms with Gasteiger partial charge in [-0.3, -0.25) is 4.79 Å². The topological polar surface area (TPSA) is 74.7 Å². The van der Waals surface area contributed by atoms with Crippen molar-refractivity contribution < 1.29 is 18.3 Å². The van der Waals surface area contributed by atoms with Gasteiger partial charge in [0.05, 0.1) is 0 Å². The van der Waals surface area contributed by atoms with E-state index < -0.39 is 21.7 Å². The van der Waals surface area contributed by atoms with Gasteiger partial charge < -0.3 is 5.11 Å². The molecule has 1 N–H and O–H groups in total. The molecule has 5 nitrogen and oxygen atoms in total. The van der Waals surface area contributed by atoms with Crippen molar-refractivity contribution >= 4 is 16.0 Å². The Balaban J connectivity index is 2.14. The Bertz CT molecular complexity index is 356.